The summed E-state index contributed by atoms with van der Waals surface area (Å²) in [4.78, 5) is 23.9. The molecule has 0 unspecified atom stereocenters. The summed E-state index contributed by atoms with van der Waals surface area (Å²) in [5, 5.41) is 23.4. The number of halogens is 3. The number of imidazole rings is 2. The van der Waals surface area contributed by atoms with Crippen molar-refractivity contribution in [1.29, 1.82) is 0 Å². The van der Waals surface area contributed by atoms with Crippen molar-refractivity contribution in [3.63, 3.8) is 0 Å². The molecule has 306 valence electrons. The molecule has 15 heteroatoms. The number of aromatic nitrogens is 10. The third-order valence-corrected chi connectivity index (χ3v) is 10.9. The van der Waals surface area contributed by atoms with E-state index in [1.165, 1.54) is 29.3 Å². The van der Waals surface area contributed by atoms with Crippen molar-refractivity contribution >= 4 is 43.9 Å². The smallest absolute Gasteiger partial charge is 0.159 e. The highest BCUT2D eigenvalue weighted by molar-refractivity contribution is 5.97. The highest BCUT2D eigenvalue weighted by Gasteiger charge is 2.18. The first-order valence-electron chi connectivity index (χ1n) is 19.9. The van der Waals surface area contributed by atoms with Gasteiger partial charge >= 0.3 is 0 Å². The van der Waals surface area contributed by atoms with Gasteiger partial charge in [-0.2, -0.15) is 10.2 Å². The van der Waals surface area contributed by atoms with E-state index >= 15 is 0 Å². The van der Waals surface area contributed by atoms with Gasteiger partial charge in [0.15, 0.2) is 17.5 Å². The number of H-pyrrole nitrogens is 4. The van der Waals surface area contributed by atoms with E-state index in [4.69, 9.17) is 0 Å². The molecule has 0 bridgehead atoms. The molecule has 0 saturated carbocycles. The number of rotatable bonds is 10. The maximum atomic E-state index is 14.1. The van der Waals surface area contributed by atoms with Crippen molar-refractivity contribution in [2.24, 2.45) is 0 Å². The van der Waals surface area contributed by atoms with Crippen LogP contribution < -0.4 is 10.6 Å². The monoisotopic (exact) mass is 818 g/mol. The molecule has 0 aliphatic rings. The maximum absolute atomic E-state index is 14.1. The summed E-state index contributed by atoms with van der Waals surface area (Å²) < 4.78 is 41.2. The van der Waals surface area contributed by atoms with Crippen LogP contribution in [0.25, 0.3) is 89.2 Å². The normalized spacial score (nSPS) is 11.6. The summed E-state index contributed by atoms with van der Waals surface area (Å²) in [6.07, 6.45) is 7.54. The summed E-state index contributed by atoms with van der Waals surface area (Å²) in [5.41, 5.74) is 13.6. The summed E-state index contributed by atoms with van der Waals surface area (Å²) in [7, 11) is 0. The Morgan fingerprint density at radius 3 is 1.67 bits per heavy atom. The second kappa shape index (κ2) is 16.4. The minimum absolute atomic E-state index is 0.0832. The lowest BCUT2D eigenvalue weighted by Crippen LogP contribution is -2.13. The topological polar surface area (TPSA) is 165 Å². The molecule has 61 heavy (non-hydrogen) atoms. The van der Waals surface area contributed by atoms with E-state index in [0.717, 1.165) is 87.4 Å². The number of fused-ring (bicyclic) bond motifs is 4. The lowest BCUT2D eigenvalue weighted by molar-refractivity contribution is 0.590. The molecule has 6 heterocycles. The second-order valence-corrected chi connectivity index (χ2v) is 14.8. The van der Waals surface area contributed by atoms with Gasteiger partial charge in [0.05, 0.1) is 27.6 Å². The van der Waals surface area contributed by atoms with Crippen molar-refractivity contribution < 1.29 is 13.2 Å². The first-order valence-corrected chi connectivity index (χ1v) is 19.9. The Kier molecular flexibility index (Phi) is 10.6. The van der Waals surface area contributed by atoms with E-state index in [0.29, 0.717) is 34.1 Å². The van der Waals surface area contributed by atoms with Gasteiger partial charge in [-0.3, -0.25) is 20.2 Å². The fraction of sp³-hybridized carbons (Fsp3) is 0.174. The highest BCUT2D eigenvalue weighted by atomic mass is 19.1. The van der Waals surface area contributed by atoms with Crippen molar-refractivity contribution in [3.8, 4) is 45.3 Å². The molecule has 0 spiro atoms. The molecule has 12 nitrogen and oxygen atoms in total. The van der Waals surface area contributed by atoms with E-state index in [-0.39, 0.29) is 16.9 Å². The van der Waals surface area contributed by atoms with E-state index in [1.807, 2.05) is 49.1 Å². The first kappa shape index (κ1) is 39.2. The number of hydrogen-bond donors (Lipinski definition) is 6. The van der Waals surface area contributed by atoms with Crippen molar-refractivity contribution in [2.75, 3.05) is 13.1 Å². The molecular weight excluding hydrogens is 778 g/mol. The van der Waals surface area contributed by atoms with Crippen LogP contribution in [0.1, 0.15) is 36.1 Å². The van der Waals surface area contributed by atoms with E-state index in [9.17, 15) is 13.2 Å². The van der Waals surface area contributed by atoms with Gasteiger partial charge in [-0.1, -0.05) is 26.0 Å². The number of nitrogens with one attached hydrogen (secondary N) is 6. The first-order chi connectivity index (χ1) is 29.7. The van der Waals surface area contributed by atoms with Crippen LogP contribution in [-0.2, 0) is 13.1 Å². The van der Waals surface area contributed by atoms with E-state index in [2.05, 4.69) is 101 Å². The van der Waals surface area contributed by atoms with Gasteiger partial charge in [0.25, 0.3) is 0 Å². The van der Waals surface area contributed by atoms with Gasteiger partial charge in [-0.15, -0.1) is 0 Å². The van der Waals surface area contributed by atoms with E-state index in [1.54, 1.807) is 6.07 Å². The number of nitrogens with zero attached hydrogens (tertiary/aromatic N) is 6. The van der Waals surface area contributed by atoms with Gasteiger partial charge < -0.3 is 20.6 Å². The van der Waals surface area contributed by atoms with Gasteiger partial charge in [0.1, 0.15) is 28.5 Å². The van der Waals surface area contributed by atoms with E-state index < -0.39 is 11.6 Å². The van der Waals surface area contributed by atoms with Crippen molar-refractivity contribution in [2.45, 2.75) is 40.8 Å². The molecule has 0 atom stereocenters. The minimum atomic E-state index is -0.711. The zero-order valence-electron chi connectivity index (χ0n) is 33.8. The molecule has 0 radical (unpaired) electrons. The summed E-state index contributed by atoms with van der Waals surface area (Å²) in [6, 6.07) is 18.7. The van der Waals surface area contributed by atoms with Crippen LogP contribution in [0.2, 0.25) is 0 Å². The standard InChI is InChI=1S/C23H20F2N6.C23H21FN6/c1-3-26-9-14-10-27-11-17(12(14)2)13-4-5-19-16(6-13)21(31-30-19)23-28-20-8-15(24)7-18(25)22(20)29-23;1-3-25-10-15-11-26-12-18(13(15)2)14-4-6-19-17(8-14)22(30-29-19)23-27-20-7-5-16(24)9-21(20)28-23/h4-8,10-11,26H,3,9H2,1-2H3,(H,28,29)(H,30,31);4-9,11-12,25H,3,10H2,1-2H3,(H,27,28)(H,29,30). The number of benzene rings is 4. The molecule has 4 aromatic carbocycles. The quantitative estimate of drug-likeness (QED) is 0.0795. The third-order valence-electron chi connectivity index (χ3n) is 10.9. The fourth-order valence-electron chi connectivity index (χ4n) is 7.57. The molecule has 10 rings (SSSR count). The molecule has 10 aromatic rings. The molecule has 0 amide bonds. The summed E-state index contributed by atoms with van der Waals surface area (Å²) in [5.74, 6) is -0.687. The SMILES string of the molecule is CCNCc1cncc(-c2ccc3[nH]nc(-c4nc5c(F)cc(F)cc5[nH]4)c3c2)c1C.CCNCc1cncc(-c2ccc3[nH]nc(-c4nc5ccc(F)cc5[nH]4)c3c2)c1C. The van der Waals surface area contributed by atoms with Crippen LogP contribution in [0.5, 0.6) is 0 Å². The zero-order valence-corrected chi connectivity index (χ0v) is 33.8. The largest absolute Gasteiger partial charge is 0.336 e. The van der Waals surface area contributed by atoms with Crippen LogP contribution in [-0.4, -0.2) is 63.4 Å². The van der Waals surface area contributed by atoms with Gasteiger partial charge in [-0.25, -0.2) is 23.1 Å². The van der Waals surface area contributed by atoms with Gasteiger partial charge in [0, 0.05) is 65.8 Å². The molecule has 6 N–H and O–H groups in total. The Bertz CT molecular complexity index is 3220. The second-order valence-electron chi connectivity index (χ2n) is 14.8. The van der Waals surface area contributed by atoms with Crippen LogP contribution >= 0.6 is 0 Å². The van der Waals surface area contributed by atoms with Gasteiger partial charge in [0.2, 0.25) is 0 Å². The van der Waals surface area contributed by atoms with Crippen LogP contribution in [0.15, 0.2) is 91.5 Å². The Morgan fingerprint density at radius 1 is 0.557 bits per heavy atom. The minimum Gasteiger partial charge on any atom is -0.336 e. The number of pyridine rings is 2. The lowest BCUT2D eigenvalue weighted by atomic mass is 9.98. The molecule has 6 aromatic heterocycles. The fourth-order valence-corrected chi connectivity index (χ4v) is 7.57. The summed E-state index contributed by atoms with van der Waals surface area (Å²) in [6.45, 7) is 11.7. The average Bonchev–Trinajstić information content (AvgIpc) is 4.07. The highest BCUT2D eigenvalue weighted by Crippen LogP contribution is 2.34. The van der Waals surface area contributed by atoms with Crippen molar-refractivity contribution in [1.82, 2.24) is 60.9 Å². The molecule has 0 aliphatic carbocycles. The van der Waals surface area contributed by atoms with Crippen LogP contribution in [0, 0.1) is 31.3 Å². The lowest BCUT2D eigenvalue weighted by Gasteiger charge is -2.11. The Morgan fingerprint density at radius 2 is 1.10 bits per heavy atom. The van der Waals surface area contributed by atoms with Gasteiger partial charge in [-0.05, 0) is 109 Å². The Balaban J connectivity index is 0.000000156. The van der Waals surface area contributed by atoms with Crippen molar-refractivity contribution in [3.05, 3.63) is 131 Å². The third kappa shape index (κ3) is 7.60. The Labute approximate surface area is 347 Å². The summed E-state index contributed by atoms with van der Waals surface area (Å²) >= 11 is 0. The molecular formula is C46H41F3N12. The predicted octanol–water partition coefficient (Wildman–Crippen LogP) is 9.59. The van der Waals surface area contributed by atoms with Crippen LogP contribution in [0.3, 0.4) is 0 Å². The molecule has 0 saturated heterocycles. The van der Waals surface area contributed by atoms with Crippen LogP contribution in [0.4, 0.5) is 13.2 Å². The predicted molar refractivity (Wildman–Crippen MR) is 233 cm³/mol. The average molecular weight is 819 g/mol. The zero-order chi connectivity index (χ0) is 42.2. The maximum Gasteiger partial charge on any atom is 0.159 e. The number of aromatic amines is 4. The molecule has 0 aliphatic heterocycles. The Hall–Kier alpha value is -7.23. The number of hydrogen-bond acceptors (Lipinski definition) is 8. The molecule has 0 fully saturated rings.